The van der Waals surface area contributed by atoms with Gasteiger partial charge in [-0.15, -0.1) is 11.3 Å². The lowest BCUT2D eigenvalue weighted by molar-refractivity contribution is -0.132. The van der Waals surface area contributed by atoms with Crippen LogP contribution in [0.15, 0.2) is 60.0 Å². The first-order chi connectivity index (χ1) is 17.5. The highest BCUT2D eigenvalue weighted by Gasteiger charge is 2.33. The zero-order valence-electron chi connectivity index (χ0n) is 21.0. The summed E-state index contributed by atoms with van der Waals surface area (Å²) in [5, 5.41) is 2.17. The molecule has 0 N–H and O–H groups in total. The molecule has 1 saturated heterocycles. The Morgan fingerprint density at radius 3 is 2.58 bits per heavy atom. The van der Waals surface area contributed by atoms with Crippen LogP contribution >= 0.6 is 11.3 Å². The zero-order valence-corrected chi connectivity index (χ0v) is 21.8. The molecule has 188 valence electrons. The average molecular weight is 504 g/mol. The van der Waals surface area contributed by atoms with Gasteiger partial charge in [-0.1, -0.05) is 30.3 Å². The number of aryl methyl sites for hydroxylation is 1. The Balaban J connectivity index is 1.27. The van der Waals surface area contributed by atoms with E-state index in [4.69, 9.17) is 4.74 Å². The summed E-state index contributed by atoms with van der Waals surface area (Å²) in [7, 11) is 1.60. The molecular formula is C29H33N3O3S. The smallest absolute Gasteiger partial charge is 0.254 e. The molecule has 0 aliphatic carbocycles. The van der Waals surface area contributed by atoms with Gasteiger partial charge in [0.15, 0.2) is 0 Å². The van der Waals surface area contributed by atoms with E-state index in [9.17, 15) is 9.59 Å². The second-order valence-corrected chi connectivity index (χ2v) is 10.5. The summed E-state index contributed by atoms with van der Waals surface area (Å²) in [6.07, 6.45) is 1.75. The van der Waals surface area contributed by atoms with Crippen molar-refractivity contribution in [3.63, 3.8) is 0 Å². The molecule has 0 saturated carbocycles. The van der Waals surface area contributed by atoms with E-state index in [1.165, 1.54) is 21.6 Å². The van der Waals surface area contributed by atoms with Crippen molar-refractivity contribution in [1.29, 1.82) is 0 Å². The van der Waals surface area contributed by atoms with E-state index in [-0.39, 0.29) is 17.9 Å². The summed E-state index contributed by atoms with van der Waals surface area (Å²) in [5.41, 5.74) is 4.48. The SMILES string of the molecule is COc1cccc(C(=O)N2CCCN(C(=O)CN3CCc4sccc4[C@H]3c3ccccc3C)CC2)c1. The van der Waals surface area contributed by atoms with Crippen LogP contribution in [0.3, 0.4) is 0 Å². The van der Waals surface area contributed by atoms with Crippen LogP contribution in [0.4, 0.5) is 0 Å². The normalized spacial score (nSPS) is 18.4. The van der Waals surface area contributed by atoms with E-state index >= 15 is 0 Å². The minimum Gasteiger partial charge on any atom is -0.497 e. The van der Waals surface area contributed by atoms with Crippen LogP contribution in [-0.4, -0.2) is 72.9 Å². The predicted molar refractivity (Wildman–Crippen MR) is 143 cm³/mol. The highest BCUT2D eigenvalue weighted by Crippen LogP contribution is 2.38. The number of thiophene rings is 1. The highest BCUT2D eigenvalue weighted by atomic mass is 32.1. The second kappa shape index (κ2) is 10.8. The quantitative estimate of drug-likeness (QED) is 0.518. The number of ether oxygens (including phenoxy) is 1. The van der Waals surface area contributed by atoms with Gasteiger partial charge >= 0.3 is 0 Å². The molecular weight excluding hydrogens is 470 g/mol. The molecule has 0 radical (unpaired) electrons. The number of benzene rings is 2. The summed E-state index contributed by atoms with van der Waals surface area (Å²) in [5.74, 6) is 0.803. The van der Waals surface area contributed by atoms with E-state index < -0.39 is 0 Å². The summed E-state index contributed by atoms with van der Waals surface area (Å²) in [6.45, 7) is 5.82. The van der Waals surface area contributed by atoms with Crippen LogP contribution in [0.5, 0.6) is 5.75 Å². The molecule has 2 amide bonds. The Hall–Kier alpha value is -3.16. The van der Waals surface area contributed by atoms with E-state index in [1.54, 1.807) is 13.2 Å². The monoisotopic (exact) mass is 503 g/mol. The van der Waals surface area contributed by atoms with Crippen molar-refractivity contribution in [2.24, 2.45) is 0 Å². The van der Waals surface area contributed by atoms with Gasteiger partial charge < -0.3 is 14.5 Å². The van der Waals surface area contributed by atoms with Crippen LogP contribution in [0.25, 0.3) is 0 Å². The summed E-state index contributed by atoms with van der Waals surface area (Å²) < 4.78 is 5.27. The second-order valence-electron chi connectivity index (χ2n) is 9.54. The fourth-order valence-electron chi connectivity index (χ4n) is 5.38. The maximum Gasteiger partial charge on any atom is 0.254 e. The number of rotatable bonds is 5. The van der Waals surface area contributed by atoms with Gasteiger partial charge in [0.25, 0.3) is 5.91 Å². The molecule has 0 bridgehead atoms. The van der Waals surface area contributed by atoms with E-state index in [2.05, 4.69) is 47.5 Å². The Morgan fingerprint density at radius 1 is 0.944 bits per heavy atom. The van der Waals surface area contributed by atoms with Gasteiger partial charge in [0.2, 0.25) is 5.91 Å². The van der Waals surface area contributed by atoms with Gasteiger partial charge in [0.1, 0.15) is 5.75 Å². The maximum atomic E-state index is 13.5. The Morgan fingerprint density at radius 2 is 1.75 bits per heavy atom. The number of carbonyl (C=O) groups excluding carboxylic acids is 2. The minimum atomic E-state index is -0.0103. The van der Waals surface area contributed by atoms with Gasteiger partial charge in [-0.05, 0) is 66.1 Å². The maximum absolute atomic E-state index is 13.5. The summed E-state index contributed by atoms with van der Waals surface area (Å²) in [4.78, 5) is 34.2. The van der Waals surface area contributed by atoms with Gasteiger partial charge in [-0.3, -0.25) is 14.5 Å². The molecule has 3 aromatic rings. The third-order valence-electron chi connectivity index (χ3n) is 7.34. The third kappa shape index (κ3) is 5.04. The van der Waals surface area contributed by atoms with Crippen molar-refractivity contribution in [3.8, 4) is 5.75 Å². The van der Waals surface area contributed by atoms with Crippen molar-refractivity contribution < 1.29 is 14.3 Å². The average Bonchev–Trinajstić information content (AvgIpc) is 3.24. The number of carbonyl (C=O) groups is 2. The minimum absolute atomic E-state index is 0.0103. The van der Waals surface area contributed by atoms with Crippen molar-refractivity contribution in [2.75, 3.05) is 46.4 Å². The molecule has 6 nitrogen and oxygen atoms in total. The Labute approximate surface area is 217 Å². The van der Waals surface area contributed by atoms with Crippen molar-refractivity contribution in [3.05, 3.63) is 87.1 Å². The first kappa shape index (κ1) is 24.5. The van der Waals surface area contributed by atoms with Gasteiger partial charge in [0.05, 0.1) is 19.7 Å². The molecule has 1 aromatic heterocycles. The molecule has 2 aromatic carbocycles. The lowest BCUT2D eigenvalue weighted by atomic mass is 9.90. The number of hydrogen-bond acceptors (Lipinski definition) is 5. The lowest BCUT2D eigenvalue weighted by Gasteiger charge is -2.37. The summed E-state index contributed by atoms with van der Waals surface area (Å²) >= 11 is 1.82. The number of methoxy groups -OCH3 is 1. The first-order valence-corrected chi connectivity index (χ1v) is 13.5. The molecule has 36 heavy (non-hydrogen) atoms. The standard InChI is InChI=1S/C29H33N3O3S/c1-21-7-3-4-10-24(21)28-25-12-18-36-26(25)11-15-32(28)20-27(33)30-13-6-14-31(17-16-30)29(34)22-8-5-9-23(19-22)35-2/h3-5,7-10,12,18-19,28H,6,11,13-17,20H2,1-2H3/t28-/m1/s1. The number of amides is 2. The van der Waals surface area contributed by atoms with Crippen molar-refractivity contribution in [2.45, 2.75) is 25.8 Å². The van der Waals surface area contributed by atoms with E-state index in [0.717, 1.165) is 19.4 Å². The first-order valence-electron chi connectivity index (χ1n) is 12.6. The van der Waals surface area contributed by atoms with E-state index in [0.29, 0.717) is 44.0 Å². The van der Waals surface area contributed by atoms with Crippen LogP contribution < -0.4 is 4.74 Å². The topological polar surface area (TPSA) is 53.1 Å². The van der Waals surface area contributed by atoms with Crippen molar-refractivity contribution >= 4 is 23.2 Å². The lowest BCUT2D eigenvalue weighted by Crippen LogP contribution is -2.45. The Bertz CT molecular complexity index is 1240. The molecule has 5 rings (SSSR count). The summed E-state index contributed by atoms with van der Waals surface area (Å²) in [6, 6.07) is 18.1. The van der Waals surface area contributed by atoms with Crippen molar-refractivity contribution in [1.82, 2.24) is 14.7 Å². The van der Waals surface area contributed by atoms with Crippen LogP contribution in [0.1, 0.15) is 44.4 Å². The zero-order chi connectivity index (χ0) is 25.1. The molecule has 7 heteroatoms. The molecule has 1 atom stereocenters. The predicted octanol–water partition coefficient (Wildman–Crippen LogP) is 4.39. The molecule has 0 spiro atoms. The van der Waals surface area contributed by atoms with Crippen LogP contribution in [0.2, 0.25) is 0 Å². The molecule has 3 heterocycles. The van der Waals surface area contributed by atoms with Crippen LogP contribution in [-0.2, 0) is 11.2 Å². The van der Waals surface area contributed by atoms with E-state index in [1.807, 2.05) is 39.3 Å². The molecule has 2 aliphatic heterocycles. The molecule has 1 fully saturated rings. The molecule has 2 aliphatic rings. The third-order valence-corrected chi connectivity index (χ3v) is 8.34. The molecule has 0 unspecified atom stereocenters. The number of nitrogens with zero attached hydrogens (tertiary/aromatic N) is 3. The largest absolute Gasteiger partial charge is 0.497 e. The van der Waals surface area contributed by atoms with Gasteiger partial charge in [-0.2, -0.15) is 0 Å². The highest BCUT2D eigenvalue weighted by molar-refractivity contribution is 7.10. The Kier molecular flexibility index (Phi) is 7.39. The van der Waals surface area contributed by atoms with Gasteiger partial charge in [-0.25, -0.2) is 0 Å². The van der Waals surface area contributed by atoms with Gasteiger partial charge in [0, 0.05) is 43.2 Å². The number of hydrogen-bond donors (Lipinski definition) is 0. The van der Waals surface area contributed by atoms with Crippen LogP contribution in [0, 0.1) is 6.92 Å². The fraction of sp³-hybridized carbons (Fsp3) is 0.379. The fourth-order valence-corrected chi connectivity index (χ4v) is 6.28. The number of fused-ring (bicyclic) bond motifs is 1.